The summed E-state index contributed by atoms with van der Waals surface area (Å²) in [5, 5.41) is 0. The lowest BCUT2D eigenvalue weighted by molar-refractivity contribution is 0.111. The molecule has 0 aliphatic rings. The van der Waals surface area contributed by atoms with Crippen LogP contribution in [0.3, 0.4) is 0 Å². The van der Waals surface area contributed by atoms with E-state index in [2.05, 4.69) is 11.6 Å². The molecule has 0 radical (unpaired) electrons. The van der Waals surface area contributed by atoms with E-state index in [0.29, 0.717) is 17.9 Å². The van der Waals surface area contributed by atoms with Gasteiger partial charge in [-0.2, -0.15) is 0 Å². The number of nitrogens with zero attached hydrogens (tertiary/aromatic N) is 1. The first-order valence-corrected chi connectivity index (χ1v) is 3.44. The molecule has 0 saturated heterocycles. The minimum absolute atomic E-state index is 0.351. The van der Waals surface area contributed by atoms with Crippen molar-refractivity contribution >= 4 is 12.4 Å². The first-order valence-electron chi connectivity index (χ1n) is 3.44. The molecule has 0 aliphatic carbocycles. The maximum absolute atomic E-state index is 10.4. The molecule has 1 heterocycles. The first kappa shape index (κ1) is 8.46. The van der Waals surface area contributed by atoms with Crippen molar-refractivity contribution in [3.63, 3.8) is 0 Å². The van der Waals surface area contributed by atoms with Crippen molar-refractivity contribution in [3.05, 3.63) is 30.0 Å². The van der Waals surface area contributed by atoms with E-state index in [9.17, 15) is 4.79 Å². The van der Waals surface area contributed by atoms with Gasteiger partial charge in [0.05, 0.1) is 7.11 Å². The van der Waals surface area contributed by atoms with Gasteiger partial charge in [-0.1, -0.05) is 12.7 Å². The molecule has 0 N–H and O–H groups in total. The number of methoxy groups -OCH3 is 1. The number of hydrogen-bond acceptors (Lipinski definition) is 3. The van der Waals surface area contributed by atoms with Crippen molar-refractivity contribution in [1.82, 2.24) is 4.98 Å². The first-order chi connectivity index (χ1) is 5.80. The van der Waals surface area contributed by atoms with E-state index in [1.165, 1.54) is 7.11 Å². The van der Waals surface area contributed by atoms with Gasteiger partial charge >= 0.3 is 0 Å². The zero-order chi connectivity index (χ0) is 8.97. The summed E-state index contributed by atoms with van der Waals surface area (Å²) in [6, 6.07) is 3.35. The van der Waals surface area contributed by atoms with Gasteiger partial charge < -0.3 is 4.74 Å². The summed E-state index contributed by atoms with van der Waals surface area (Å²) in [7, 11) is 1.50. The van der Waals surface area contributed by atoms with Gasteiger partial charge in [0.15, 0.2) is 6.29 Å². The molecule has 0 saturated carbocycles. The lowest BCUT2D eigenvalue weighted by atomic mass is 10.2. The number of ether oxygens (including phenoxy) is 1. The van der Waals surface area contributed by atoms with Crippen LogP contribution in [-0.4, -0.2) is 18.4 Å². The highest BCUT2D eigenvalue weighted by Gasteiger charge is 1.98. The molecule has 62 valence electrons. The summed E-state index contributed by atoms with van der Waals surface area (Å²) in [5.41, 5.74) is 1.17. The third-order valence-corrected chi connectivity index (χ3v) is 1.41. The van der Waals surface area contributed by atoms with Gasteiger partial charge in [-0.3, -0.25) is 4.79 Å². The molecule has 3 nitrogen and oxygen atoms in total. The number of aldehydes is 1. The smallest absolute Gasteiger partial charge is 0.214 e. The highest BCUT2D eigenvalue weighted by atomic mass is 16.5. The monoisotopic (exact) mass is 163 g/mol. The van der Waals surface area contributed by atoms with Crippen molar-refractivity contribution in [3.8, 4) is 5.88 Å². The van der Waals surface area contributed by atoms with E-state index in [0.717, 1.165) is 5.56 Å². The minimum Gasteiger partial charge on any atom is -0.481 e. The minimum atomic E-state index is 0.351. The number of rotatable bonds is 3. The molecule has 0 aliphatic heterocycles. The molecular formula is C9H9NO2. The Morgan fingerprint density at radius 3 is 2.83 bits per heavy atom. The predicted octanol–water partition coefficient (Wildman–Crippen LogP) is 1.55. The van der Waals surface area contributed by atoms with Crippen LogP contribution in [0.1, 0.15) is 16.1 Å². The maximum atomic E-state index is 10.4. The quantitative estimate of drug-likeness (QED) is 0.634. The van der Waals surface area contributed by atoms with E-state index in [4.69, 9.17) is 4.74 Å². The van der Waals surface area contributed by atoms with Crippen LogP contribution in [-0.2, 0) is 0 Å². The number of carbonyl (C=O) groups is 1. The van der Waals surface area contributed by atoms with Gasteiger partial charge in [-0.15, -0.1) is 0 Å². The average Bonchev–Trinajstić information content (AvgIpc) is 2.16. The molecule has 0 fully saturated rings. The van der Waals surface area contributed by atoms with E-state index >= 15 is 0 Å². The third kappa shape index (κ3) is 1.69. The second-order valence-corrected chi connectivity index (χ2v) is 2.19. The fraction of sp³-hybridized carbons (Fsp3) is 0.111. The summed E-state index contributed by atoms with van der Waals surface area (Å²) in [5.74, 6) is 0.425. The van der Waals surface area contributed by atoms with Crippen LogP contribution in [0.15, 0.2) is 18.7 Å². The predicted molar refractivity (Wildman–Crippen MR) is 46.3 cm³/mol. The Bertz CT molecular complexity index is 281. The normalized spacial score (nSPS) is 9.08. The fourth-order valence-corrected chi connectivity index (χ4v) is 0.830. The Labute approximate surface area is 70.7 Å². The van der Waals surface area contributed by atoms with E-state index in [-0.39, 0.29) is 0 Å². The number of carbonyl (C=O) groups excluding carboxylic acids is 1. The van der Waals surface area contributed by atoms with Crippen molar-refractivity contribution in [2.45, 2.75) is 0 Å². The molecule has 0 spiro atoms. The highest BCUT2D eigenvalue weighted by Crippen LogP contribution is 2.11. The summed E-state index contributed by atoms with van der Waals surface area (Å²) >= 11 is 0. The van der Waals surface area contributed by atoms with Crippen LogP contribution in [0.25, 0.3) is 6.08 Å². The molecule has 3 heteroatoms. The van der Waals surface area contributed by atoms with Crippen LogP contribution in [0.2, 0.25) is 0 Å². The second kappa shape index (κ2) is 3.67. The standard InChI is InChI=1S/C9H9NO2/c1-3-7-4-8(6-11)10-9(5-7)12-2/h3-6H,1H2,2H3. The molecule has 0 atom stereocenters. The summed E-state index contributed by atoms with van der Waals surface area (Å²) in [6.07, 6.45) is 2.31. The lowest BCUT2D eigenvalue weighted by Gasteiger charge is -2.00. The van der Waals surface area contributed by atoms with E-state index in [1.54, 1.807) is 18.2 Å². The van der Waals surface area contributed by atoms with Crippen LogP contribution in [0.4, 0.5) is 0 Å². The molecule has 0 amide bonds. The molecule has 1 aromatic rings. The van der Waals surface area contributed by atoms with Crippen molar-refractivity contribution in [2.75, 3.05) is 7.11 Å². The van der Waals surface area contributed by atoms with Crippen LogP contribution >= 0.6 is 0 Å². The van der Waals surface area contributed by atoms with Crippen molar-refractivity contribution in [1.29, 1.82) is 0 Å². The summed E-state index contributed by atoms with van der Waals surface area (Å²) < 4.78 is 4.88. The molecular weight excluding hydrogens is 154 g/mol. The van der Waals surface area contributed by atoms with Crippen LogP contribution < -0.4 is 4.74 Å². The van der Waals surface area contributed by atoms with Crippen molar-refractivity contribution < 1.29 is 9.53 Å². The highest BCUT2D eigenvalue weighted by molar-refractivity contribution is 5.73. The Morgan fingerprint density at radius 1 is 1.58 bits per heavy atom. The average molecular weight is 163 g/mol. The van der Waals surface area contributed by atoms with Crippen LogP contribution in [0.5, 0.6) is 5.88 Å². The molecule has 0 aromatic carbocycles. The van der Waals surface area contributed by atoms with Gasteiger partial charge in [0, 0.05) is 6.07 Å². The maximum Gasteiger partial charge on any atom is 0.214 e. The van der Waals surface area contributed by atoms with E-state index in [1.807, 2.05) is 0 Å². The number of aromatic nitrogens is 1. The van der Waals surface area contributed by atoms with Gasteiger partial charge in [0.2, 0.25) is 5.88 Å². The molecule has 0 bridgehead atoms. The fourth-order valence-electron chi connectivity index (χ4n) is 0.830. The lowest BCUT2D eigenvalue weighted by Crippen LogP contribution is -1.93. The molecule has 1 aromatic heterocycles. The topological polar surface area (TPSA) is 39.2 Å². The van der Waals surface area contributed by atoms with E-state index < -0.39 is 0 Å². The van der Waals surface area contributed by atoms with Gasteiger partial charge in [0.25, 0.3) is 0 Å². The van der Waals surface area contributed by atoms with Crippen LogP contribution in [0, 0.1) is 0 Å². The second-order valence-electron chi connectivity index (χ2n) is 2.19. The molecule has 12 heavy (non-hydrogen) atoms. The number of hydrogen-bond donors (Lipinski definition) is 0. The zero-order valence-electron chi connectivity index (χ0n) is 6.78. The Hall–Kier alpha value is -1.64. The molecule has 0 unspecified atom stereocenters. The third-order valence-electron chi connectivity index (χ3n) is 1.41. The van der Waals surface area contributed by atoms with Gasteiger partial charge in [-0.25, -0.2) is 4.98 Å². The van der Waals surface area contributed by atoms with Gasteiger partial charge in [0.1, 0.15) is 5.69 Å². The Morgan fingerprint density at radius 2 is 2.33 bits per heavy atom. The SMILES string of the molecule is C=Cc1cc(C=O)nc(OC)c1. The Kier molecular flexibility index (Phi) is 2.58. The summed E-state index contributed by atoms with van der Waals surface area (Å²) in [6.45, 7) is 3.58. The van der Waals surface area contributed by atoms with Crippen molar-refractivity contribution in [2.24, 2.45) is 0 Å². The largest absolute Gasteiger partial charge is 0.481 e. The zero-order valence-corrected chi connectivity index (χ0v) is 6.78. The Balaban J connectivity index is 3.18. The summed E-state index contributed by atoms with van der Waals surface area (Å²) in [4.78, 5) is 14.3. The number of pyridine rings is 1. The van der Waals surface area contributed by atoms with Gasteiger partial charge in [-0.05, 0) is 11.6 Å². The molecule has 1 rings (SSSR count).